The van der Waals surface area contributed by atoms with Crippen LogP contribution in [0.4, 0.5) is 8.78 Å². The molecule has 6 heteroatoms. The second-order valence-electron chi connectivity index (χ2n) is 3.72. The van der Waals surface area contributed by atoms with Gasteiger partial charge in [-0.25, -0.2) is 8.78 Å². The monoisotopic (exact) mass is 271 g/mol. The molecule has 19 heavy (non-hydrogen) atoms. The van der Waals surface area contributed by atoms with E-state index >= 15 is 0 Å². The molecular formula is C13H15F2NO3. The Balaban J connectivity index is 2.54. The van der Waals surface area contributed by atoms with Crippen molar-refractivity contribution >= 4 is 12.0 Å². The lowest BCUT2D eigenvalue weighted by molar-refractivity contribution is -0.117. The summed E-state index contributed by atoms with van der Waals surface area (Å²) in [7, 11) is 1.51. The van der Waals surface area contributed by atoms with Gasteiger partial charge in [0.2, 0.25) is 5.91 Å². The van der Waals surface area contributed by atoms with E-state index in [4.69, 9.17) is 9.84 Å². The SMILES string of the molecule is COc1ccccc1/C=C/C(=O)NCC(O)C(F)F. The van der Waals surface area contributed by atoms with Gasteiger partial charge in [0.25, 0.3) is 6.43 Å². The van der Waals surface area contributed by atoms with E-state index in [1.165, 1.54) is 19.3 Å². The quantitative estimate of drug-likeness (QED) is 0.770. The predicted molar refractivity (Wildman–Crippen MR) is 67.0 cm³/mol. The van der Waals surface area contributed by atoms with E-state index in [-0.39, 0.29) is 0 Å². The van der Waals surface area contributed by atoms with Crippen molar-refractivity contribution in [2.75, 3.05) is 13.7 Å². The van der Waals surface area contributed by atoms with Gasteiger partial charge in [-0.1, -0.05) is 18.2 Å². The molecule has 4 nitrogen and oxygen atoms in total. The molecule has 1 unspecified atom stereocenters. The molecule has 104 valence electrons. The Morgan fingerprint density at radius 1 is 1.47 bits per heavy atom. The van der Waals surface area contributed by atoms with Crippen LogP contribution in [0.1, 0.15) is 5.56 Å². The van der Waals surface area contributed by atoms with Gasteiger partial charge in [0.05, 0.1) is 7.11 Å². The van der Waals surface area contributed by atoms with Crippen molar-refractivity contribution in [2.24, 2.45) is 0 Å². The highest BCUT2D eigenvalue weighted by Gasteiger charge is 2.16. The molecule has 0 fully saturated rings. The van der Waals surface area contributed by atoms with E-state index in [0.29, 0.717) is 11.3 Å². The van der Waals surface area contributed by atoms with Gasteiger partial charge in [-0.2, -0.15) is 0 Å². The molecule has 1 aromatic rings. The second kappa shape index (κ2) is 7.48. The molecule has 0 saturated heterocycles. The van der Waals surface area contributed by atoms with E-state index in [1.54, 1.807) is 24.3 Å². The summed E-state index contributed by atoms with van der Waals surface area (Å²) >= 11 is 0. The number of methoxy groups -OCH3 is 1. The normalized spacial score (nSPS) is 12.7. The zero-order valence-corrected chi connectivity index (χ0v) is 10.3. The van der Waals surface area contributed by atoms with Crippen molar-refractivity contribution in [1.29, 1.82) is 0 Å². The smallest absolute Gasteiger partial charge is 0.265 e. The number of carbonyl (C=O) groups excluding carboxylic acids is 1. The third kappa shape index (κ3) is 5.05. The Bertz CT molecular complexity index is 449. The number of benzene rings is 1. The molecule has 0 aliphatic heterocycles. The van der Waals surface area contributed by atoms with Crippen LogP contribution in [-0.4, -0.2) is 37.2 Å². The van der Waals surface area contributed by atoms with E-state index in [2.05, 4.69) is 5.32 Å². The van der Waals surface area contributed by atoms with Gasteiger partial charge in [-0.3, -0.25) is 4.79 Å². The zero-order valence-electron chi connectivity index (χ0n) is 10.3. The van der Waals surface area contributed by atoms with Crippen molar-refractivity contribution in [1.82, 2.24) is 5.32 Å². The van der Waals surface area contributed by atoms with Crippen LogP contribution in [0.2, 0.25) is 0 Å². The molecular weight excluding hydrogens is 256 g/mol. The fraction of sp³-hybridized carbons (Fsp3) is 0.308. The van der Waals surface area contributed by atoms with Gasteiger partial charge in [-0.15, -0.1) is 0 Å². The van der Waals surface area contributed by atoms with Gasteiger partial charge in [0, 0.05) is 18.2 Å². The Hall–Kier alpha value is -1.95. The van der Waals surface area contributed by atoms with E-state index in [9.17, 15) is 13.6 Å². The largest absolute Gasteiger partial charge is 0.496 e. The van der Waals surface area contributed by atoms with Gasteiger partial charge in [0.15, 0.2) is 0 Å². The molecule has 0 saturated carbocycles. The van der Waals surface area contributed by atoms with Crippen LogP contribution >= 0.6 is 0 Å². The molecule has 1 aromatic carbocycles. The maximum atomic E-state index is 12.0. The molecule has 0 heterocycles. The Labute approximate surface area is 109 Å². The molecule has 0 bridgehead atoms. The Kier molecular flexibility index (Phi) is 5.95. The van der Waals surface area contributed by atoms with E-state index < -0.39 is 25.0 Å². The van der Waals surface area contributed by atoms with E-state index in [1.807, 2.05) is 0 Å². The number of aliphatic hydroxyl groups is 1. The van der Waals surface area contributed by atoms with Crippen molar-refractivity contribution < 1.29 is 23.4 Å². The van der Waals surface area contributed by atoms with Crippen molar-refractivity contribution in [2.45, 2.75) is 12.5 Å². The molecule has 0 radical (unpaired) electrons. The molecule has 1 rings (SSSR count). The fourth-order valence-corrected chi connectivity index (χ4v) is 1.32. The average Bonchev–Trinajstić information content (AvgIpc) is 2.42. The van der Waals surface area contributed by atoms with Gasteiger partial charge in [-0.05, 0) is 12.1 Å². The highest BCUT2D eigenvalue weighted by molar-refractivity contribution is 5.92. The van der Waals surface area contributed by atoms with Crippen molar-refractivity contribution in [3.05, 3.63) is 35.9 Å². The summed E-state index contributed by atoms with van der Waals surface area (Å²) in [4.78, 5) is 11.3. The van der Waals surface area contributed by atoms with Crippen LogP contribution in [0.25, 0.3) is 6.08 Å². The highest BCUT2D eigenvalue weighted by atomic mass is 19.3. The number of para-hydroxylation sites is 1. The van der Waals surface area contributed by atoms with Crippen molar-refractivity contribution in [3.63, 3.8) is 0 Å². The number of halogens is 2. The van der Waals surface area contributed by atoms with Crippen LogP contribution in [-0.2, 0) is 4.79 Å². The van der Waals surface area contributed by atoms with Gasteiger partial charge < -0.3 is 15.2 Å². The average molecular weight is 271 g/mol. The lowest BCUT2D eigenvalue weighted by Gasteiger charge is -2.09. The lowest BCUT2D eigenvalue weighted by Crippen LogP contribution is -2.34. The maximum Gasteiger partial charge on any atom is 0.265 e. The molecule has 0 spiro atoms. The number of hydrogen-bond acceptors (Lipinski definition) is 3. The van der Waals surface area contributed by atoms with Gasteiger partial charge in [0.1, 0.15) is 11.9 Å². The minimum atomic E-state index is -2.88. The molecule has 0 aromatic heterocycles. The first-order valence-electron chi connectivity index (χ1n) is 5.59. The summed E-state index contributed by atoms with van der Waals surface area (Å²) < 4.78 is 29.1. The number of carbonyl (C=O) groups is 1. The first kappa shape index (κ1) is 15.1. The topological polar surface area (TPSA) is 58.6 Å². The number of nitrogens with one attached hydrogen (secondary N) is 1. The van der Waals surface area contributed by atoms with Crippen LogP contribution in [0.5, 0.6) is 5.75 Å². The predicted octanol–water partition coefficient (Wildman–Crippen LogP) is 1.45. The number of rotatable bonds is 6. The maximum absolute atomic E-state index is 12.0. The summed E-state index contributed by atoms with van der Waals surface area (Å²) in [5.74, 6) is 0.0322. The minimum Gasteiger partial charge on any atom is -0.496 e. The van der Waals surface area contributed by atoms with Crippen LogP contribution in [0, 0.1) is 0 Å². The van der Waals surface area contributed by atoms with Gasteiger partial charge >= 0.3 is 0 Å². The second-order valence-corrected chi connectivity index (χ2v) is 3.72. The minimum absolute atomic E-state index is 0.493. The highest BCUT2D eigenvalue weighted by Crippen LogP contribution is 2.18. The summed E-state index contributed by atoms with van der Waals surface area (Å²) in [6.45, 7) is -0.493. The molecule has 1 amide bonds. The van der Waals surface area contributed by atoms with Crippen molar-refractivity contribution in [3.8, 4) is 5.75 Å². The third-order valence-electron chi connectivity index (χ3n) is 2.33. The summed E-state index contributed by atoms with van der Waals surface area (Å²) in [6.07, 6.45) is -2.04. The summed E-state index contributed by atoms with van der Waals surface area (Å²) in [6, 6.07) is 7.05. The number of hydrogen-bond donors (Lipinski definition) is 2. The first-order valence-corrected chi connectivity index (χ1v) is 5.59. The number of ether oxygens (including phenoxy) is 1. The number of amides is 1. The third-order valence-corrected chi connectivity index (χ3v) is 2.33. The first-order chi connectivity index (χ1) is 9.04. The lowest BCUT2D eigenvalue weighted by atomic mass is 10.2. The standard InChI is InChI=1S/C13H15F2NO3/c1-19-11-5-3-2-4-9(11)6-7-12(18)16-8-10(17)13(14)15/h2-7,10,13,17H,8H2,1H3,(H,16,18)/b7-6+. The van der Waals surface area contributed by atoms with Crippen LogP contribution in [0.15, 0.2) is 30.3 Å². The summed E-state index contributed by atoms with van der Waals surface area (Å²) in [5.41, 5.74) is 0.689. The summed E-state index contributed by atoms with van der Waals surface area (Å²) in [5, 5.41) is 11.0. The molecule has 1 atom stereocenters. The van der Waals surface area contributed by atoms with Crippen LogP contribution in [0.3, 0.4) is 0 Å². The molecule has 0 aliphatic rings. The fourth-order valence-electron chi connectivity index (χ4n) is 1.32. The van der Waals surface area contributed by atoms with E-state index in [0.717, 1.165) is 0 Å². The molecule has 2 N–H and O–H groups in total. The Morgan fingerprint density at radius 3 is 2.79 bits per heavy atom. The number of alkyl halides is 2. The zero-order chi connectivity index (χ0) is 14.3. The Morgan fingerprint density at radius 2 is 2.16 bits per heavy atom. The van der Waals surface area contributed by atoms with Crippen LogP contribution < -0.4 is 10.1 Å². The molecule has 0 aliphatic carbocycles. The number of aliphatic hydroxyl groups excluding tert-OH is 1.